The van der Waals surface area contributed by atoms with E-state index >= 15 is 0 Å². The van der Waals surface area contributed by atoms with Gasteiger partial charge in [-0.15, -0.1) is 0 Å². The van der Waals surface area contributed by atoms with Gasteiger partial charge in [-0.25, -0.2) is 9.18 Å². The molecule has 0 amide bonds. The maximum Gasteiger partial charge on any atom is 0.335 e. The van der Waals surface area contributed by atoms with Crippen molar-refractivity contribution in [1.29, 1.82) is 0 Å². The van der Waals surface area contributed by atoms with Crippen LogP contribution in [0.1, 0.15) is 15.9 Å². The molecule has 0 aliphatic rings. The SMILES string of the molecule is O=C(O)c1ccc(/N=C/c2cc(Br)ccc2[N+](=O)[O-])c(F)c1. The Labute approximate surface area is 132 Å². The zero-order chi connectivity index (χ0) is 16.3. The molecule has 0 saturated heterocycles. The van der Waals surface area contributed by atoms with Crippen LogP contribution >= 0.6 is 15.9 Å². The highest BCUT2D eigenvalue weighted by Gasteiger charge is 2.12. The fourth-order valence-corrected chi connectivity index (χ4v) is 2.06. The second-order valence-corrected chi connectivity index (χ2v) is 5.11. The fraction of sp³-hybridized carbons (Fsp3) is 0. The summed E-state index contributed by atoms with van der Waals surface area (Å²) in [6.45, 7) is 0. The molecule has 0 aliphatic carbocycles. The van der Waals surface area contributed by atoms with Crippen LogP contribution in [0, 0.1) is 15.9 Å². The lowest BCUT2D eigenvalue weighted by Crippen LogP contribution is -1.97. The monoisotopic (exact) mass is 366 g/mol. The van der Waals surface area contributed by atoms with Gasteiger partial charge in [-0.3, -0.25) is 15.1 Å². The van der Waals surface area contributed by atoms with Gasteiger partial charge in [0.05, 0.1) is 21.7 Å². The summed E-state index contributed by atoms with van der Waals surface area (Å²) in [5, 5.41) is 19.7. The Hall–Kier alpha value is -2.61. The predicted molar refractivity (Wildman–Crippen MR) is 81.4 cm³/mol. The van der Waals surface area contributed by atoms with Crippen molar-refractivity contribution in [2.24, 2.45) is 4.99 Å². The smallest absolute Gasteiger partial charge is 0.335 e. The standard InChI is InChI=1S/C14H8BrFN2O4/c15-10-2-4-13(18(21)22)9(5-10)7-17-12-3-1-8(14(19)20)6-11(12)16/h1-7H,(H,19,20)/b17-7+. The third-order valence-corrected chi connectivity index (χ3v) is 3.22. The first-order chi connectivity index (χ1) is 10.4. The second-order valence-electron chi connectivity index (χ2n) is 4.19. The van der Waals surface area contributed by atoms with Gasteiger partial charge in [-0.05, 0) is 30.3 Å². The number of carboxylic acids is 1. The molecule has 0 bridgehead atoms. The quantitative estimate of drug-likeness (QED) is 0.503. The molecule has 0 radical (unpaired) electrons. The molecule has 2 aromatic carbocycles. The minimum atomic E-state index is -1.25. The van der Waals surface area contributed by atoms with Crippen molar-refractivity contribution < 1.29 is 19.2 Å². The normalized spacial score (nSPS) is 10.8. The number of halogens is 2. The maximum atomic E-state index is 13.7. The van der Waals surface area contributed by atoms with Crippen LogP contribution in [-0.4, -0.2) is 22.2 Å². The number of nitro groups is 1. The van der Waals surface area contributed by atoms with Gasteiger partial charge in [0.1, 0.15) is 5.82 Å². The van der Waals surface area contributed by atoms with Gasteiger partial charge in [0.25, 0.3) is 5.69 Å². The van der Waals surface area contributed by atoms with Crippen LogP contribution in [-0.2, 0) is 0 Å². The van der Waals surface area contributed by atoms with E-state index in [2.05, 4.69) is 20.9 Å². The number of hydrogen-bond donors (Lipinski definition) is 1. The molecule has 8 heteroatoms. The van der Waals surface area contributed by atoms with Crippen LogP contribution < -0.4 is 0 Å². The zero-order valence-electron chi connectivity index (χ0n) is 10.9. The van der Waals surface area contributed by atoms with Crippen LogP contribution in [0.4, 0.5) is 15.8 Å². The molecule has 22 heavy (non-hydrogen) atoms. The van der Waals surface area contributed by atoms with E-state index < -0.39 is 16.7 Å². The van der Waals surface area contributed by atoms with Crippen molar-refractivity contribution in [3.8, 4) is 0 Å². The molecule has 0 spiro atoms. The van der Waals surface area contributed by atoms with Gasteiger partial charge in [-0.2, -0.15) is 0 Å². The molecule has 0 aliphatic heterocycles. The Bertz CT molecular complexity index is 792. The summed E-state index contributed by atoms with van der Waals surface area (Å²) < 4.78 is 14.3. The first-order valence-corrected chi connectivity index (χ1v) is 6.68. The summed E-state index contributed by atoms with van der Waals surface area (Å²) in [7, 11) is 0. The first kappa shape index (κ1) is 15.8. The number of benzene rings is 2. The number of carboxylic acid groups (broad SMARTS) is 1. The average molecular weight is 367 g/mol. The average Bonchev–Trinajstić information content (AvgIpc) is 2.45. The summed E-state index contributed by atoms with van der Waals surface area (Å²) in [5.41, 5.74) is -0.292. The highest BCUT2D eigenvalue weighted by Crippen LogP contribution is 2.24. The van der Waals surface area contributed by atoms with E-state index in [0.717, 1.165) is 12.3 Å². The van der Waals surface area contributed by atoms with Crippen molar-refractivity contribution in [1.82, 2.24) is 0 Å². The van der Waals surface area contributed by atoms with Gasteiger partial charge >= 0.3 is 5.97 Å². The molecule has 1 N–H and O–H groups in total. The largest absolute Gasteiger partial charge is 0.478 e. The van der Waals surface area contributed by atoms with Crippen molar-refractivity contribution >= 4 is 39.5 Å². The van der Waals surface area contributed by atoms with E-state index in [4.69, 9.17) is 5.11 Å². The molecule has 2 rings (SSSR count). The number of aromatic carboxylic acids is 1. The number of hydrogen-bond acceptors (Lipinski definition) is 4. The molecule has 6 nitrogen and oxygen atoms in total. The lowest BCUT2D eigenvalue weighted by atomic mass is 10.2. The van der Waals surface area contributed by atoms with Crippen LogP contribution in [0.15, 0.2) is 45.9 Å². The summed E-state index contributed by atoms with van der Waals surface area (Å²) >= 11 is 3.19. The molecule has 0 fully saturated rings. The van der Waals surface area contributed by atoms with E-state index in [1.807, 2.05) is 0 Å². The third-order valence-electron chi connectivity index (χ3n) is 2.72. The van der Waals surface area contributed by atoms with E-state index in [1.54, 1.807) is 0 Å². The zero-order valence-corrected chi connectivity index (χ0v) is 12.4. The highest BCUT2D eigenvalue weighted by molar-refractivity contribution is 9.10. The molecule has 112 valence electrons. The lowest BCUT2D eigenvalue weighted by Gasteiger charge is -2.00. The molecular weight excluding hydrogens is 359 g/mol. The Morgan fingerprint density at radius 3 is 2.64 bits per heavy atom. The van der Waals surface area contributed by atoms with E-state index in [1.165, 1.54) is 30.3 Å². The maximum absolute atomic E-state index is 13.7. The number of aliphatic imine (C=N–C) groups is 1. The Kier molecular flexibility index (Phi) is 4.62. The van der Waals surface area contributed by atoms with Gasteiger partial charge in [0.15, 0.2) is 0 Å². The van der Waals surface area contributed by atoms with Crippen LogP contribution in [0.5, 0.6) is 0 Å². The third kappa shape index (κ3) is 3.53. The first-order valence-electron chi connectivity index (χ1n) is 5.89. The highest BCUT2D eigenvalue weighted by atomic mass is 79.9. The van der Waals surface area contributed by atoms with E-state index in [0.29, 0.717) is 4.47 Å². The number of carbonyl (C=O) groups is 1. The topological polar surface area (TPSA) is 92.8 Å². The minimum Gasteiger partial charge on any atom is -0.478 e. The predicted octanol–water partition coefficient (Wildman–Crippen LogP) is 3.95. The van der Waals surface area contributed by atoms with Gasteiger partial charge < -0.3 is 5.11 Å². The van der Waals surface area contributed by atoms with Gasteiger partial charge in [0.2, 0.25) is 0 Å². The number of nitrogens with zero attached hydrogens (tertiary/aromatic N) is 2. The van der Waals surface area contributed by atoms with Crippen molar-refractivity contribution in [3.05, 3.63) is 67.9 Å². The second kappa shape index (κ2) is 6.44. The molecule has 0 unspecified atom stereocenters. The summed E-state index contributed by atoms with van der Waals surface area (Å²) in [6, 6.07) is 7.52. The molecular formula is C14H8BrFN2O4. The number of nitro benzene ring substituents is 1. The van der Waals surface area contributed by atoms with E-state index in [9.17, 15) is 19.3 Å². The molecule has 0 saturated carbocycles. The number of rotatable bonds is 4. The van der Waals surface area contributed by atoms with Gasteiger partial charge in [-0.1, -0.05) is 15.9 Å². The molecule has 2 aromatic rings. The summed E-state index contributed by atoms with van der Waals surface area (Å²) in [6.07, 6.45) is 1.15. The van der Waals surface area contributed by atoms with Crippen LogP contribution in [0.3, 0.4) is 0 Å². The lowest BCUT2D eigenvalue weighted by molar-refractivity contribution is -0.385. The molecule has 0 atom stereocenters. The van der Waals surface area contributed by atoms with Crippen molar-refractivity contribution in [3.63, 3.8) is 0 Å². The van der Waals surface area contributed by atoms with Gasteiger partial charge in [0, 0.05) is 16.8 Å². The van der Waals surface area contributed by atoms with Crippen LogP contribution in [0.25, 0.3) is 0 Å². The van der Waals surface area contributed by atoms with Crippen molar-refractivity contribution in [2.45, 2.75) is 0 Å². The Balaban J connectivity index is 2.39. The Morgan fingerprint density at radius 1 is 1.32 bits per heavy atom. The molecule has 0 aromatic heterocycles. The Morgan fingerprint density at radius 2 is 2.05 bits per heavy atom. The van der Waals surface area contributed by atoms with Crippen molar-refractivity contribution in [2.75, 3.05) is 0 Å². The van der Waals surface area contributed by atoms with E-state index in [-0.39, 0.29) is 22.5 Å². The minimum absolute atomic E-state index is 0.112. The van der Waals surface area contributed by atoms with Crippen LogP contribution in [0.2, 0.25) is 0 Å². The summed E-state index contributed by atoms with van der Waals surface area (Å²) in [5.74, 6) is -2.08. The molecule has 0 heterocycles. The summed E-state index contributed by atoms with van der Waals surface area (Å²) in [4.78, 5) is 24.9. The fourth-order valence-electron chi connectivity index (χ4n) is 1.68.